The Morgan fingerprint density at radius 2 is 2.22 bits per heavy atom. The van der Waals surface area contributed by atoms with E-state index in [9.17, 15) is 14.9 Å². The van der Waals surface area contributed by atoms with Crippen LogP contribution in [0.2, 0.25) is 0 Å². The minimum absolute atomic E-state index is 0.136. The summed E-state index contributed by atoms with van der Waals surface area (Å²) < 4.78 is 0. The summed E-state index contributed by atoms with van der Waals surface area (Å²) in [5.41, 5.74) is -0.186. The third kappa shape index (κ3) is 3.70. The van der Waals surface area contributed by atoms with Crippen LogP contribution < -0.4 is 5.32 Å². The Hall–Kier alpha value is -2.15. The van der Waals surface area contributed by atoms with Crippen LogP contribution >= 0.6 is 0 Å². The summed E-state index contributed by atoms with van der Waals surface area (Å²) in [6, 6.07) is 3.65. The lowest BCUT2D eigenvalue weighted by atomic mass is 10.1. The Morgan fingerprint density at radius 1 is 1.56 bits per heavy atom. The Bertz CT molecular complexity index is 459. The molecule has 0 saturated heterocycles. The van der Waals surface area contributed by atoms with Gasteiger partial charge < -0.3 is 15.5 Å². The summed E-state index contributed by atoms with van der Waals surface area (Å²) in [5.74, 6) is -1.21. The second-order valence-corrected chi connectivity index (χ2v) is 3.86. The van der Waals surface area contributed by atoms with E-state index in [0.717, 1.165) is 6.07 Å². The fourth-order valence-electron chi connectivity index (χ4n) is 1.38. The SMILES string of the molecule is CC(O)CCNc1ccc(C(=O)O)cc1[N+](=O)[O-]. The highest BCUT2D eigenvalue weighted by atomic mass is 16.6. The highest BCUT2D eigenvalue weighted by Gasteiger charge is 2.16. The maximum absolute atomic E-state index is 10.8. The van der Waals surface area contributed by atoms with Crippen molar-refractivity contribution in [3.8, 4) is 0 Å². The third-order valence-electron chi connectivity index (χ3n) is 2.32. The van der Waals surface area contributed by atoms with Gasteiger partial charge in [-0.3, -0.25) is 10.1 Å². The number of nitrogens with zero attached hydrogens (tertiary/aromatic N) is 1. The van der Waals surface area contributed by atoms with Crippen molar-refractivity contribution in [3.63, 3.8) is 0 Å². The molecule has 0 radical (unpaired) electrons. The monoisotopic (exact) mass is 254 g/mol. The van der Waals surface area contributed by atoms with Gasteiger partial charge in [-0.25, -0.2) is 4.79 Å². The van der Waals surface area contributed by atoms with E-state index in [0.29, 0.717) is 13.0 Å². The first-order valence-corrected chi connectivity index (χ1v) is 5.35. The van der Waals surface area contributed by atoms with Crippen LogP contribution in [-0.2, 0) is 0 Å². The van der Waals surface area contributed by atoms with E-state index in [2.05, 4.69) is 5.32 Å². The molecule has 0 bridgehead atoms. The van der Waals surface area contributed by atoms with E-state index in [1.54, 1.807) is 6.92 Å². The highest BCUT2D eigenvalue weighted by Crippen LogP contribution is 2.25. The number of nitrogens with one attached hydrogen (secondary N) is 1. The third-order valence-corrected chi connectivity index (χ3v) is 2.32. The average Bonchev–Trinajstić information content (AvgIpc) is 2.28. The molecule has 3 N–H and O–H groups in total. The van der Waals surface area contributed by atoms with Crippen LogP contribution in [0.3, 0.4) is 0 Å². The first-order valence-electron chi connectivity index (χ1n) is 5.35. The van der Waals surface area contributed by atoms with Crippen LogP contribution in [0, 0.1) is 10.1 Å². The van der Waals surface area contributed by atoms with Crippen molar-refractivity contribution in [2.45, 2.75) is 19.4 Å². The molecule has 0 saturated carbocycles. The molecule has 98 valence electrons. The predicted molar refractivity (Wildman–Crippen MR) is 64.8 cm³/mol. The molecule has 0 amide bonds. The molecule has 0 fully saturated rings. The molecular formula is C11H14N2O5. The second kappa shape index (κ2) is 5.97. The molecule has 0 aliphatic rings. The molecule has 1 atom stereocenters. The molecule has 0 aliphatic heterocycles. The highest BCUT2D eigenvalue weighted by molar-refractivity contribution is 5.89. The minimum atomic E-state index is -1.21. The lowest BCUT2D eigenvalue weighted by Crippen LogP contribution is -2.11. The van der Waals surface area contributed by atoms with Crippen molar-refractivity contribution in [2.24, 2.45) is 0 Å². The molecule has 0 heterocycles. The van der Waals surface area contributed by atoms with E-state index in [1.807, 2.05) is 0 Å². The standard InChI is InChI=1S/C11H14N2O5/c1-7(14)4-5-12-9-3-2-8(11(15)16)6-10(9)13(17)18/h2-3,6-7,12,14H,4-5H2,1H3,(H,15,16). The van der Waals surface area contributed by atoms with Crippen molar-refractivity contribution in [3.05, 3.63) is 33.9 Å². The summed E-state index contributed by atoms with van der Waals surface area (Å²) in [7, 11) is 0. The van der Waals surface area contributed by atoms with E-state index < -0.39 is 17.0 Å². The number of rotatable bonds is 6. The summed E-state index contributed by atoms with van der Waals surface area (Å²) >= 11 is 0. The van der Waals surface area contributed by atoms with Gasteiger partial charge in [-0.15, -0.1) is 0 Å². The van der Waals surface area contributed by atoms with E-state index >= 15 is 0 Å². The molecule has 0 aliphatic carbocycles. The number of nitro groups is 1. The first-order chi connectivity index (χ1) is 8.41. The smallest absolute Gasteiger partial charge is 0.335 e. The molecule has 1 rings (SSSR count). The molecule has 18 heavy (non-hydrogen) atoms. The van der Waals surface area contributed by atoms with Gasteiger partial charge in [0.2, 0.25) is 0 Å². The predicted octanol–water partition coefficient (Wildman–Crippen LogP) is 1.48. The number of nitro benzene ring substituents is 1. The average molecular weight is 254 g/mol. The van der Waals surface area contributed by atoms with Crippen LogP contribution in [0.15, 0.2) is 18.2 Å². The molecule has 7 nitrogen and oxygen atoms in total. The van der Waals surface area contributed by atoms with Crippen LogP contribution in [0.1, 0.15) is 23.7 Å². The number of carboxylic acids is 1. The fraction of sp³-hybridized carbons (Fsp3) is 0.364. The number of aromatic carboxylic acids is 1. The van der Waals surface area contributed by atoms with Crippen molar-refractivity contribution in [2.75, 3.05) is 11.9 Å². The summed E-state index contributed by atoms with van der Waals surface area (Å²) in [6.45, 7) is 1.98. The zero-order valence-corrected chi connectivity index (χ0v) is 9.79. The topological polar surface area (TPSA) is 113 Å². The van der Waals surface area contributed by atoms with Gasteiger partial charge in [0.05, 0.1) is 16.6 Å². The lowest BCUT2D eigenvalue weighted by molar-refractivity contribution is -0.384. The lowest BCUT2D eigenvalue weighted by Gasteiger charge is -2.08. The van der Waals surface area contributed by atoms with Crippen molar-refractivity contribution < 1.29 is 19.9 Å². The van der Waals surface area contributed by atoms with Gasteiger partial charge in [-0.1, -0.05) is 0 Å². The van der Waals surface area contributed by atoms with Crippen LogP contribution in [0.4, 0.5) is 11.4 Å². The van der Waals surface area contributed by atoms with Crippen molar-refractivity contribution >= 4 is 17.3 Å². The zero-order chi connectivity index (χ0) is 13.7. The Balaban J connectivity index is 2.90. The molecule has 1 aromatic rings. The normalized spacial score (nSPS) is 11.9. The quantitative estimate of drug-likeness (QED) is 0.523. The second-order valence-electron chi connectivity index (χ2n) is 3.86. The Morgan fingerprint density at radius 3 is 2.72 bits per heavy atom. The summed E-state index contributed by atoms with van der Waals surface area (Å²) in [6.07, 6.45) is -0.0625. The largest absolute Gasteiger partial charge is 0.478 e. The van der Waals surface area contributed by atoms with Gasteiger partial charge in [0, 0.05) is 12.6 Å². The number of hydrogen-bond donors (Lipinski definition) is 3. The number of aliphatic hydroxyl groups is 1. The number of carboxylic acid groups (broad SMARTS) is 1. The maximum Gasteiger partial charge on any atom is 0.335 e. The van der Waals surface area contributed by atoms with Crippen molar-refractivity contribution in [1.29, 1.82) is 0 Å². The number of benzene rings is 1. The number of carbonyl (C=O) groups is 1. The van der Waals surface area contributed by atoms with E-state index in [4.69, 9.17) is 10.2 Å². The number of aliphatic hydroxyl groups excluding tert-OH is 1. The van der Waals surface area contributed by atoms with Gasteiger partial charge in [0.15, 0.2) is 0 Å². The Kier molecular flexibility index (Phi) is 4.61. The summed E-state index contributed by atoms with van der Waals surface area (Å²) in [4.78, 5) is 20.9. The first kappa shape index (κ1) is 13.9. The molecular weight excluding hydrogens is 240 g/mol. The molecule has 7 heteroatoms. The number of anilines is 1. The number of hydrogen-bond acceptors (Lipinski definition) is 5. The van der Waals surface area contributed by atoms with Gasteiger partial charge in [0.1, 0.15) is 5.69 Å². The van der Waals surface area contributed by atoms with Gasteiger partial charge in [-0.05, 0) is 25.5 Å². The van der Waals surface area contributed by atoms with Gasteiger partial charge in [-0.2, -0.15) is 0 Å². The molecule has 1 aromatic carbocycles. The van der Waals surface area contributed by atoms with Crippen LogP contribution in [0.25, 0.3) is 0 Å². The molecule has 1 unspecified atom stereocenters. The maximum atomic E-state index is 10.8. The summed E-state index contributed by atoms with van der Waals surface area (Å²) in [5, 5.41) is 31.4. The van der Waals surface area contributed by atoms with Crippen LogP contribution in [0.5, 0.6) is 0 Å². The molecule has 0 aromatic heterocycles. The minimum Gasteiger partial charge on any atom is -0.478 e. The zero-order valence-electron chi connectivity index (χ0n) is 9.79. The van der Waals surface area contributed by atoms with Gasteiger partial charge in [0.25, 0.3) is 5.69 Å². The van der Waals surface area contributed by atoms with E-state index in [-0.39, 0.29) is 16.9 Å². The van der Waals surface area contributed by atoms with Crippen LogP contribution in [-0.4, -0.2) is 33.8 Å². The van der Waals surface area contributed by atoms with Gasteiger partial charge >= 0.3 is 5.97 Å². The molecule has 0 spiro atoms. The Labute approximate surface area is 103 Å². The van der Waals surface area contributed by atoms with E-state index in [1.165, 1.54) is 12.1 Å². The fourth-order valence-corrected chi connectivity index (χ4v) is 1.38. The van der Waals surface area contributed by atoms with Crippen molar-refractivity contribution in [1.82, 2.24) is 0 Å².